The number of aromatic nitrogens is 2. The molecule has 0 fully saturated rings. The lowest BCUT2D eigenvalue weighted by Crippen LogP contribution is -2.51. The number of nitrogens with zero attached hydrogens (tertiary/aromatic N) is 4. The van der Waals surface area contributed by atoms with Crippen LogP contribution in [-0.4, -0.2) is 53.4 Å². The van der Waals surface area contributed by atoms with Crippen LogP contribution in [0, 0.1) is 13.8 Å². The summed E-state index contributed by atoms with van der Waals surface area (Å²) in [4.78, 5) is 49.8. The van der Waals surface area contributed by atoms with Gasteiger partial charge in [0.15, 0.2) is 11.2 Å². The molecule has 1 unspecified atom stereocenters. The molecule has 3 heterocycles. The molecule has 0 saturated heterocycles. The standard InChI is InChI=1S/C34H34ClN5O4/c1-18(2)39-30-29(37-31(39)23-15-21(10-13-27(23)44-7)16-28(41)38(5)6)32(42)40(26-17-22(35)11-9-20(26)4)34(30)24-12-8-19(3)14-25(24)36-33(34)43/h8-15,17-18H,16H2,1-7H3,(H,36,43). The average molecular weight is 612 g/mol. The van der Waals surface area contributed by atoms with Crippen molar-refractivity contribution in [1.29, 1.82) is 0 Å². The molecule has 3 aromatic carbocycles. The number of nitrogens with one attached hydrogen (secondary N) is 1. The quantitative estimate of drug-likeness (QED) is 0.293. The van der Waals surface area contributed by atoms with E-state index in [4.69, 9.17) is 21.3 Å². The molecule has 6 rings (SSSR count). The van der Waals surface area contributed by atoms with Crippen molar-refractivity contribution in [1.82, 2.24) is 14.5 Å². The number of carbonyl (C=O) groups is 3. The fourth-order valence-electron chi connectivity index (χ4n) is 6.34. The van der Waals surface area contributed by atoms with E-state index in [0.29, 0.717) is 44.8 Å². The van der Waals surface area contributed by atoms with Gasteiger partial charge in [0.05, 0.1) is 30.5 Å². The minimum Gasteiger partial charge on any atom is -0.496 e. The van der Waals surface area contributed by atoms with Gasteiger partial charge in [-0.25, -0.2) is 4.98 Å². The molecule has 2 aliphatic heterocycles. The summed E-state index contributed by atoms with van der Waals surface area (Å²) in [6.07, 6.45) is 0.186. The van der Waals surface area contributed by atoms with E-state index >= 15 is 0 Å². The Hall–Kier alpha value is -4.63. The molecule has 0 saturated carbocycles. The highest BCUT2D eigenvalue weighted by molar-refractivity contribution is 6.31. The lowest BCUT2D eigenvalue weighted by molar-refractivity contribution is -0.128. The van der Waals surface area contributed by atoms with E-state index in [1.165, 1.54) is 0 Å². The first-order valence-electron chi connectivity index (χ1n) is 14.4. The van der Waals surface area contributed by atoms with Crippen molar-refractivity contribution < 1.29 is 19.1 Å². The molecule has 1 atom stereocenters. The van der Waals surface area contributed by atoms with Crippen LogP contribution >= 0.6 is 11.6 Å². The van der Waals surface area contributed by atoms with E-state index in [1.807, 2.05) is 68.7 Å². The topological polar surface area (TPSA) is 96.8 Å². The SMILES string of the molecule is COc1ccc(CC(=O)N(C)C)cc1-c1nc2c(n1C(C)C)C1(C(=O)Nc3cc(C)ccc31)N(c1cc(Cl)ccc1C)C2=O. The van der Waals surface area contributed by atoms with Gasteiger partial charge in [0.25, 0.3) is 11.8 Å². The zero-order valence-electron chi connectivity index (χ0n) is 25.8. The van der Waals surface area contributed by atoms with Gasteiger partial charge in [0.1, 0.15) is 11.6 Å². The van der Waals surface area contributed by atoms with Gasteiger partial charge in [-0.05, 0) is 74.7 Å². The number of likely N-dealkylation sites (N-methyl/N-ethyl adjacent to an activating group) is 1. The van der Waals surface area contributed by atoms with Gasteiger partial charge in [-0.3, -0.25) is 19.3 Å². The number of halogens is 1. The molecule has 226 valence electrons. The number of benzene rings is 3. The summed E-state index contributed by atoms with van der Waals surface area (Å²) in [5.74, 6) is 0.201. The number of carbonyl (C=O) groups excluding carboxylic acids is 3. The third-order valence-electron chi connectivity index (χ3n) is 8.42. The maximum absolute atomic E-state index is 14.7. The number of aryl methyl sites for hydroxylation is 2. The number of amides is 3. The Balaban J connectivity index is 1.68. The van der Waals surface area contributed by atoms with Gasteiger partial charge < -0.3 is 19.5 Å². The number of methoxy groups -OCH3 is 1. The highest BCUT2D eigenvalue weighted by Gasteiger charge is 2.64. The predicted octanol–water partition coefficient (Wildman–Crippen LogP) is 5.90. The van der Waals surface area contributed by atoms with Gasteiger partial charge in [-0.15, -0.1) is 0 Å². The first kappa shape index (κ1) is 29.4. The number of imidazole rings is 1. The van der Waals surface area contributed by atoms with E-state index in [2.05, 4.69) is 5.32 Å². The monoisotopic (exact) mass is 611 g/mol. The van der Waals surface area contributed by atoms with E-state index in [9.17, 15) is 14.4 Å². The fraction of sp³-hybridized carbons (Fsp3) is 0.294. The first-order valence-corrected chi connectivity index (χ1v) is 14.8. The van der Waals surface area contributed by atoms with Crippen LogP contribution in [0.2, 0.25) is 5.02 Å². The number of rotatable bonds is 6. The van der Waals surface area contributed by atoms with Crippen molar-refractivity contribution in [3.63, 3.8) is 0 Å². The highest BCUT2D eigenvalue weighted by atomic mass is 35.5. The lowest BCUT2D eigenvalue weighted by Gasteiger charge is -2.36. The first-order chi connectivity index (χ1) is 20.9. The Labute approximate surface area is 261 Å². The van der Waals surface area contributed by atoms with E-state index in [-0.39, 0.29) is 30.0 Å². The number of hydrogen-bond acceptors (Lipinski definition) is 5. The molecular formula is C34H34ClN5O4. The number of ether oxygens (including phenoxy) is 1. The minimum absolute atomic E-state index is 0.0491. The maximum Gasteiger partial charge on any atom is 0.280 e. The van der Waals surface area contributed by atoms with Crippen molar-refractivity contribution in [2.75, 3.05) is 31.4 Å². The summed E-state index contributed by atoms with van der Waals surface area (Å²) >= 11 is 6.47. The molecule has 44 heavy (non-hydrogen) atoms. The number of fused-ring (bicyclic) bond motifs is 4. The molecule has 2 aliphatic rings. The average Bonchev–Trinajstić information content (AvgIpc) is 3.58. The number of anilines is 2. The van der Waals surface area contributed by atoms with Crippen LogP contribution in [0.4, 0.5) is 11.4 Å². The summed E-state index contributed by atoms with van der Waals surface area (Å²) < 4.78 is 7.71. The Morgan fingerprint density at radius 1 is 1.07 bits per heavy atom. The second-order valence-electron chi connectivity index (χ2n) is 11.9. The highest BCUT2D eigenvalue weighted by Crippen LogP contribution is 2.55. The van der Waals surface area contributed by atoms with Crippen LogP contribution in [0.1, 0.15) is 58.3 Å². The van der Waals surface area contributed by atoms with Crippen molar-refractivity contribution in [2.24, 2.45) is 0 Å². The Morgan fingerprint density at radius 3 is 2.50 bits per heavy atom. The molecule has 9 nitrogen and oxygen atoms in total. The van der Waals surface area contributed by atoms with Gasteiger partial charge in [-0.2, -0.15) is 0 Å². The Kier molecular flexibility index (Phi) is 7.04. The van der Waals surface area contributed by atoms with E-state index in [0.717, 1.165) is 16.7 Å². The normalized spacial score (nSPS) is 16.9. The van der Waals surface area contributed by atoms with E-state index < -0.39 is 11.4 Å². The van der Waals surface area contributed by atoms with Crippen LogP contribution < -0.4 is 15.0 Å². The third-order valence-corrected chi connectivity index (χ3v) is 8.66. The van der Waals surface area contributed by atoms with Crippen LogP contribution in [0.5, 0.6) is 5.75 Å². The summed E-state index contributed by atoms with van der Waals surface area (Å²) in [5, 5.41) is 3.52. The molecule has 1 spiro atoms. The van der Waals surface area contributed by atoms with Crippen LogP contribution in [0.3, 0.4) is 0 Å². The predicted molar refractivity (Wildman–Crippen MR) is 171 cm³/mol. The molecule has 1 aromatic heterocycles. The molecule has 0 aliphatic carbocycles. The van der Waals surface area contributed by atoms with Crippen molar-refractivity contribution >= 4 is 40.7 Å². The van der Waals surface area contributed by atoms with Gasteiger partial charge in [0, 0.05) is 36.4 Å². The zero-order chi connectivity index (χ0) is 31.7. The summed E-state index contributed by atoms with van der Waals surface area (Å²) in [7, 11) is 5.00. The number of hydrogen-bond donors (Lipinski definition) is 1. The molecule has 0 bridgehead atoms. The summed E-state index contributed by atoms with van der Waals surface area (Å²) in [5.41, 5.74) is 4.09. The van der Waals surface area contributed by atoms with Crippen molar-refractivity contribution in [2.45, 2.75) is 45.7 Å². The van der Waals surface area contributed by atoms with Crippen molar-refractivity contribution in [3.8, 4) is 17.1 Å². The zero-order valence-corrected chi connectivity index (χ0v) is 26.5. The van der Waals surface area contributed by atoms with Crippen LogP contribution in [0.15, 0.2) is 54.6 Å². The molecule has 10 heteroatoms. The summed E-state index contributed by atoms with van der Waals surface area (Å²) in [6, 6.07) is 16.4. The second-order valence-corrected chi connectivity index (χ2v) is 12.3. The maximum atomic E-state index is 14.7. The fourth-order valence-corrected chi connectivity index (χ4v) is 6.51. The van der Waals surface area contributed by atoms with Gasteiger partial charge in [0.2, 0.25) is 5.91 Å². The molecule has 0 radical (unpaired) electrons. The smallest absolute Gasteiger partial charge is 0.280 e. The van der Waals surface area contributed by atoms with E-state index in [1.54, 1.807) is 49.2 Å². The summed E-state index contributed by atoms with van der Waals surface area (Å²) in [6.45, 7) is 7.83. The molecule has 4 aromatic rings. The molecule has 1 N–H and O–H groups in total. The minimum atomic E-state index is -1.55. The largest absolute Gasteiger partial charge is 0.496 e. The Morgan fingerprint density at radius 2 is 1.82 bits per heavy atom. The van der Waals surface area contributed by atoms with Gasteiger partial charge >= 0.3 is 0 Å². The molecule has 3 amide bonds. The second kappa shape index (κ2) is 10.5. The van der Waals surface area contributed by atoms with Crippen LogP contribution in [0.25, 0.3) is 11.4 Å². The lowest BCUT2D eigenvalue weighted by atomic mass is 9.86. The van der Waals surface area contributed by atoms with Crippen LogP contribution in [-0.2, 0) is 21.5 Å². The van der Waals surface area contributed by atoms with Gasteiger partial charge in [-0.1, -0.05) is 35.9 Å². The Bertz CT molecular complexity index is 1880. The van der Waals surface area contributed by atoms with Crippen molar-refractivity contribution in [3.05, 3.63) is 93.3 Å². The molecular weight excluding hydrogens is 578 g/mol. The third kappa shape index (κ3) is 4.21.